The van der Waals surface area contributed by atoms with Crippen molar-refractivity contribution in [1.82, 2.24) is 0 Å². The van der Waals surface area contributed by atoms with Crippen LogP contribution in [0, 0.1) is 0 Å². The molecule has 0 amide bonds. The van der Waals surface area contributed by atoms with Crippen LogP contribution in [-0.4, -0.2) is 0 Å². The van der Waals surface area contributed by atoms with Crippen molar-refractivity contribution in [2.24, 2.45) is 0 Å². The highest BCUT2D eigenvalue weighted by Crippen LogP contribution is 2.59. The van der Waals surface area contributed by atoms with Crippen molar-refractivity contribution in [3.8, 4) is 44.9 Å². The number of hydrogen-bond donors (Lipinski definition) is 0. The Hall–Kier alpha value is -5.40. The van der Waals surface area contributed by atoms with Crippen LogP contribution in [0.5, 0.6) is 11.5 Å². The van der Waals surface area contributed by atoms with Crippen molar-refractivity contribution in [1.29, 1.82) is 0 Å². The molecule has 0 atom stereocenters. The summed E-state index contributed by atoms with van der Waals surface area (Å²) in [5.41, 5.74) is 12.0. The van der Waals surface area contributed by atoms with Crippen LogP contribution >= 0.6 is 0 Å². The Morgan fingerprint density at radius 2 is 0.833 bits per heavy atom. The van der Waals surface area contributed by atoms with Crippen LogP contribution in [0.3, 0.4) is 0 Å². The Balaban J connectivity index is 1.41. The van der Waals surface area contributed by atoms with Crippen LogP contribution in [0.1, 0.15) is 22.3 Å². The minimum absolute atomic E-state index is 0.479. The Kier molecular flexibility index (Phi) is 4.88. The van der Waals surface area contributed by atoms with Crippen molar-refractivity contribution in [2.75, 3.05) is 0 Å². The molecule has 1 aliphatic carbocycles. The fourth-order valence-electron chi connectivity index (χ4n) is 7.56. The molecule has 0 radical (unpaired) electrons. The number of rotatable bonds is 3. The second-order valence-corrected chi connectivity index (χ2v) is 11.2. The topological polar surface area (TPSA) is 9.23 Å². The smallest absolute Gasteiger partial charge is 0.135 e. The molecule has 196 valence electrons. The van der Waals surface area contributed by atoms with E-state index in [2.05, 4.69) is 158 Å². The Morgan fingerprint density at radius 1 is 0.357 bits per heavy atom. The van der Waals surface area contributed by atoms with Gasteiger partial charge in [0.05, 0.1) is 5.41 Å². The van der Waals surface area contributed by atoms with E-state index in [1.54, 1.807) is 0 Å². The third kappa shape index (κ3) is 3.03. The molecule has 0 unspecified atom stereocenters. The van der Waals surface area contributed by atoms with Gasteiger partial charge in [-0.05, 0) is 67.6 Å². The first-order valence-corrected chi connectivity index (χ1v) is 14.5. The standard InChI is InChI=1S/C41H26O/c1-2-15-28(16-3-1)41(34-22-7-4-17-29(34)30-18-5-8-23-35(30)41)36-24-9-6-19-31(36)32-20-12-26-38-40(32)33-21-10-13-27-14-11-25-37(42-38)39(27)33/h1-26H. The molecule has 0 bridgehead atoms. The first-order valence-electron chi connectivity index (χ1n) is 14.5. The number of ether oxygens (including phenoxy) is 1. The van der Waals surface area contributed by atoms with Crippen LogP contribution < -0.4 is 4.74 Å². The molecule has 1 nitrogen and oxygen atoms in total. The van der Waals surface area contributed by atoms with E-state index in [0.717, 1.165) is 17.1 Å². The zero-order valence-electron chi connectivity index (χ0n) is 22.9. The SMILES string of the molecule is c1ccc(C2(c3ccccc3-c3cccc4c3-c3cccc5cccc(c35)O4)c3ccccc3-c3ccccc32)cc1. The maximum absolute atomic E-state index is 6.60. The van der Waals surface area contributed by atoms with Crippen molar-refractivity contribution in [3.05, 3.63) is 180 Å². The highest BCUT2D eigenvalue weighted by atomic mass is 16.5. The van der Waals surface area contributed by atoms with E-state index in [0.29, 0.717) is 0 Å². The van der Waals surface area contributed by atoms with E-state index in [4.69, 9.17) is 4.74 Å². The zero-order valence-corrected chi connectivity index (χ0v) is 22.9. The van der Waals surface area contributed by atoms with Gasteiger partial charge in [-0.1, -0.05) is 146 Å². The fourth-order valence-corrected chi connectivity index (χ4v) is 7.56. The van der Waals surface area contributed by atoms with Gasteiger partial charge in [-0.25, -0.2) is 0 Å². The molecule has 0 saturated carbocycles. The summed E-state index contributed by atoms with van der Waals surface area (Å²) in [6.45, 7) is 0. The zero-order chi connectivity index (χ0) is 27.7. The molecule has 0 aromatic heterocycles. The van der Waals surface area contributed by atoms with Crippen LogP contribution in [-0.2, 0) is 5.41 Å². The lowest BCUT2D eigenvalue weighted by molar-refractivity contribution is 0.487. The minimum Gasteiger partial charge on any atom is -0.456 e. The lowest BCUT2D eigenvalue weighted by Crippen LogP contribution is -2.29. The van der Waals surface area contributed by atoms with Crippen LogP contribution in [0.2, 0.25) is 0 Å². The third-order valence-corrected chi connectivity index (χ3v) is 9.16. The normalized spacial score (nSPS) is 13.6. The first kappa shape index (κ1) is 23.3. The minimum atomic E-state index is -0.479. The van der Waals surface area contributed by atoms with E-state index in [-0.39, 0.29) is 0 Å². The average molecular weight is 535 g/mol. The molecule has 1 heteroatoms. The number of benzene rings is 7. The second kappa shape index (κ2) is 8.80. The quantitative estimate of drug-likeness (QED) is 0.219. The third-order valence-electron chi connectivity index (χ3n) is 9.16. The van der Waals surface area contributed by atoms with Gasteiger partial charge in [0.1, 0.15) is 11.5 Å². The molecule has 7 aromatic rings. The second-order valence-electron chi connectivity index (χ2n) is 11.2. The Labute approximate surface area is 245 Å². The van der Waals surface area contributed by atoms with Gasteiger partial charge >= 0.3 is 0 Å². The van der Waals surface area contributed by atoms with Crippen molar-refractivity contribution < 1.29 is 4.74 Å². The Morgan fingerprint density at radius 3 is 1.50 bits per heavy atom. The lowest BCUT2D eigenvalue weighted by Gasteiger charge is -2.36. The molecule has 1 heterocycles. The highest BCUT2D eigenvalue weighted by Gasteiger charge is 2.47. The molecule has 0 N–H and O–H groups in total. The van der Waals surface area contributed by atoms with Gasteiger partial charge in [-0.15, -0.1) is 0 Å². The van der Waals surface area contributed by atoms with Crippen molar-refractivity contribution in [2.45, 2.75) is 5.41 Å². The van der Waals surface area contributed by atoms with Gasteiger partial charge in [0.2, 0.25) is 0 Å². The Bertz CT molecular complexity index is 2120. The van der Waals surface area contributed by atoms with Crippen molar-refractivity contribution in [3.63, 3.8) is 0 Å². The molecule has 1 aliphatic heterocycles. The molecule has 0 fully saturated rings. The maximum Gasteiger partial charge on any atom is 0.135 e. The predicted molar refractivity (Wildman–Crippen MR) is 172 cm³/mol. The summed E-state index contributed by atoms with van der Waals surface area (Å²) >= 11 is 0. The van der Waals surface area contributed by atoms with Gasteiger partial charge in [-0.3, -0.25) is 0 Å². The summed E-state index contributed by atoms with van der Waals surface area (Å²) in [4.78, 5) is 0. The van der Waals surface area contributed by atoms with Crippen LogP contribution in [0.4, 0.5) is 0 Å². The summed E-state index contributed by atoms with van der Waals surface area (Å²) in [6.07, 6.45) is 0. The van der Waals surface area contributed by atoms with Gasteiger partial charge in [-0.2, -0.15) is 0 Å². The van der Waals surface area contributed by atoms with Crippen LogP contribution in [0.25, 0.3) is 44.2 Å². The summed E-state index contributed by atoms with van der Waals surface area (Å²) in [6, 6.07) is 57.3. The summed E-state index contributed by atoms with van der Waals surface area (Å²) < 4.78 is 6.60. The molecule has 7 aromatic carbocycles. The molecule has 0 saturated heterocycles. The molecule has 9 rings (SSSR count). The highest BCUT2D eigenvalue weighted by molar-refractivity contribution is 6.07. The monoisotopic (exact) mass is 534 g/mol. The van der Waals surface area contributed by atoms with E-state index in [1.807, 2.05) is 0 Å². The van der Waals surface area contributed by atoms with E-state index in [9.17, 15) is 0 Å². The number of fused-ring (bicyclic) bond motifs is 5. The van der Waals surface area contributed by atoms with Crippen molar-refractivity contribution >= 4 is 10.8 Å². The van der Waals surface area contributed by atoms with Gasteiger partial charge < -0.3 is 4.74 Å². The average Bonchev–Trinajstić information content (AvgIpc) is 3.36. The van der Waals surface area contributed by atoms with Gasteiger partial charge in [0.25, 0.3) is 0 Å². The van der Waals surface area contributed by atoms with E-state index < -0.39 is 5.41 Å². The van der Waals surface area contributed by atoms with E-state index in [1.165, 1.54) is 60.8 Å². The summed E-state index contributed by atoms with van der Waals surface area (Å²) in [7, 11) is 0. The molecular weight excluding hydrogens is 508 g/mol. The molecule has 2 aliphatic rings. The fraction of sp³-hybridized carbons (Fsp3) is 0.0244. The van der Waals surface area contributed by atoms with Crippen LogP contribution in [0.15, 0.2) is 158 Å². The van der Waals surface area contributed by atoms with Gasteiger partial charge in [0, 0.05) is 10.9 Å². The molecule has 42 heavy (non-hydrogen) atoms. The predicted octanol–water partition coefficient (Wildman–Crippen LogP) is 10.6. The summed E-state index contributed by atoms with van der Waals surface area (Å²) in [5.74, 6) is 1.81. The van der Waals surface area contributed by atoms with E-state index >= 15 is 0 Å². The maximum atomic E-state index is 6.60. The molecule has 0 spiro atoms. The largest absolute Gasteiger partial charge is 0.456 e. The summed E-state index contributed by atoms with van der Waals surface area (Å²) in [5, 5.41) is 2.37. The first-order chi connectivity index (χ1) is 20.9. The molecular formula is C41H26O. The number of hydrogen-bond acceptors (Lipinski definition) is 1. The lowest BCUT2D eigenvalue weighted by atomic mass is 9.65. The van der Waals surface area contributed by atoms with Gasteiger partial charge in [0.15, 0.2) is 0 Å².